The Morgan fingerprint density at radius 1 is 1.58 bits per heavy atom. The zero-order valence-electron chi connectivity index (χ0n) is 7.63. The van der Waals surface area contributed by atoms with E-state index in [1.807, 2.05) is 13.8 Å². The summed E-state index contributed by atoms with van der Waals surface area (Å²) in [7, 11) is 1.53. The molecule has 0 bridgehead atoms. The molecule has 3 amide bonds. The number of urea groups is 1. The van der Waals surface area contributed by atoms with Crippen molar-refractivity contribution < 1.29 is 9.59 Å². The Bertz CT molecular complexity index is 207. The monoisotopic (exact) mass is 170 g/mol. The van der Waals surface area contributed by atoms with Gasteiger partial charge in [0.25, 0.3) is 0 Å². The molecule has 0 aromatic heterocycles. The maximum absolute atomic E-state index is 11.3. The van der Waals surface area contributed by atoms with Crippen molar-refractivity contribution in [3.8, 4) is 0 Å². The lowest BCUT2D eigenvalue weighted by atomic mass is 10.1. The minimum absolute atomic E-state index is 0.0254. The molecule has 0 aromatic carbocycles. The standard InChI is InChI=1S/C8H14N2O2/c1-5-4-7(11)10(6(5)2)8(12)9-3/h5-6H,4H2,1-3H3,(H,9,12). The highest BCUT2D eigenvalue weighted by Gasteiger charge is 2.37. The quantitative estimate of drug-likeness (QED) is 0.578. The van der Waals surface area contributed by atoms with Crippen LogP contribution in [0.3, 0.4) is 0 Å². The van der Waals surface area contributed by atoms with Crippen molar-refractivity contribution in [3.05, 3.63) is 0 Å². The van der Waals surface area contributed by atoms with Gasteiger partial charge < -0.3 is 5.32 Å². The molecule has 1 N–H and O–H groups in total. The van der Waals surface area contributed by atoms with Crippen LogP contribution < -0.4 is 5.32 Å². The van der Waals surface area contributed by atoms with E-state index < -0.39 is 0 Å². The predicted octanol–water partition coefficient (Wildman–Crippen LogP) is 0.583. The zero-order valence-corrected chi connectivity index (χ0v) is 7.63. The molecule has 1 rings (SSSR count). The highest BCUT2D eigenvalue weighted by molar-refractivity contribution is 5.96. The van der Waals surface area contributed by atoms with Gasteiger partial charge in [0.15, 0.2) is 0 Å². The number of imide groups is 1. The predicted molar refractivity (Wildman–Crippen MR) is 44.5 cm³/mol. The zero-order chi connectivity index (χ0) is 9.30. The number of carbonyl (C=O) groups is 2. The topological polar surface area (TPSA) is 49.4 Å². The average molecular weight is 170 g/mol. The van der Waals surface area contributed by atoms with E-state index in [9.17, 15) is 9.59 Å². The van der Waals surface area contributed by atoms with Crippen molar-refractivity contribution in [2.45, 2.75) is 26.3 Å². The molecular weight excluding hydrogens is 156 g/mol. The van der Waals surface area contributed by atoms with Crippen LogP contribution >= 0.6 is 0 Å². The molecule has 2 unspecified atom stereocenters. The smallest absolute Gasteiger partial charge is 0.324 e. The van der Waals surface area contributed by atoms with E-state index >= 15 is 0 Å². The van der Waals surface area contributed by atoms with Crippen LogP contribution in [0.15, 0.2) is 0 Å². The van der Waals surface area contributed by atoms with Crippen LogP contribution in [0.5, 0.6) is 0 Å². The van der Waals surface area contributed by atoms with Gasteiger partial charge in [0, 0.05) is 19.5 Å². The third-order valence-electron chi connectivity index (χ3n) is 2.43. The number of likely N-dealkylation sites (tertiary alicyclic amines) is 1. The summed E-state index contributed by atoms with van der Waals surface area (Å²) in [6, 6.07) is -0.269. The summed E-state index contributed by atoms with van der Waals surface area (Å²) in [5.41, 5.74) is 0. The Morgan fingerprint density at radius 2 is 2.17 bits per heavy atom. The molecule has 2 atom stereocenters. The first-order valence-corrected chi connectivity index (χ1v) is 4.11. The lowest BCUT2D eigenvalue weighted by molar-refractivity contribution is -0.125. The van der Waals surface area contributed by atoms with E-state index in [0.29, 0.717) is 6.42 Å². The second kappa shape index (κ2) is 3.13. The van der Waals surface area contributed by atoms with Crippen molar-refractivity contribution in [3.63, 3.8) is 0 Å². The molecule has 1 aliphatic rings. The van der Waals surface area contributed by atoms with Gasteiger partial charge in [0.1, 0.15) is 0 Å². The number of hydrogen-bond donors (Lipinski definition) is 1. The summed E-state index contributed by atoms with van der Waals surface area (Å²) in [5.74, 6) is 0.198. The lowest BCUT2D eigenvalue weighted by Gasteiger charge is -2.20. The van der Waals surface area contributed by atoms with E-state index in [-0.39, 0.29) is 23.9 Å². The van der Waals surface area contributed by atoms with E-state index in [4.69, 9.17) is 0 Å². The van der Waals surface area contributed by atoms with Gasteiger partial charge >= 0.3 is 6.03 Å². The molecule has 0 aliphatic carbocycles. The summed E-state index contributed by atoms with van der Waals surface area (Å²) < 4.78 is 0. The van der Waals surface area contributed by atoms with E-state index in [1.165, 1.54) is 11.9 Å². The molecule has 0 spiro atoms. The summed E-state index contributed by atoms with van der Waals surface area (Å²) in [6.45, 7) is 3.87. The van der Waals surface area contributed by atoms with Crippen LogP contribution in [0.25, 0.3) is 0 Å². The van der Waals surface area contributed by atoms with Crippen LogP contribution in [-0.2, 0) is 4.79 Å². The molecule has 0 aromatic rings. The Hall–Kier alpha value is -1.06. The fourth-order valence-electron chi connectivity index (χ4n) is 1.44. The number of hydrogen-bond acceptors (Lipinski definition) is 2. The number of amides is 3. The second-order valence-corrected chi connectivity index (χ2v) is 3.24. The average Bonchev–Trinajstić information content (AvgIpc) is 2.26. The molecule has 0 saturated carbocycles. The number of nitrogens with one attached hydrogen (secondary N) is 1. The van der Waals surface area contributed by atoms with E-state index in [2.05, 4.69) is 5.32 Å². The Balaban J connectivity index is 2.76. The molecule has 68 valence electrons. The molecule has 4 heteroatoms. The number of rotatable bonds is 0. The first-order chi connectivity index (χ1) is 5.57. The van der Waals surface area contributed by atoms with Crippen LogP contribution in [0.1, 0.15) is 20.3 Å². The van der Waals surface area contributed by atoms with Crippen molar-refractivity contribution in [2.24, 2.45) is 5.92 Å². The van der Waals surface area contributed by atoms with Gasteiger partial charge in [-0.05, 0) is 12.8 Å². The van der Waals surface area contributed by atoms with Crippen molar-refractivity contribution in [1.82, 2.24) is 10.2 Å². The molecule has 1 aliphatic heterocycles. The van der Waals surface area contributed by atoms with Crippen LogP contribution in [0.4, 0.5) is 4.79 Å². The SMILES string of the molecule is CNC(=O)N1C(=O)CC(C)C1C. The van der Waals surface area contributed by atoms with Gasteiger partial charge in [-0.1, -0.05) is 6.92 Å². The van der Waals surface area contributed by atoms with Crippen LogP contribution in [0.2, 0.25) is 0 Å². The third-order valence-corrected chi connectivity index (χ3v) is 2.43. The highest BCUT2D eigenvalue weighted by atomic mass is 16.2. The van der Waals surface area contributed by atoms with Crippen LogP contribution in [-0.4, -0.2) is 29.9 Å². The fourth-order valence-corrected chi connectivity index (χ4v) is 1.44. The minimum Gasteiger partial charge on any atom is -0.341 e. The van der Waals surface area contributed by atoms with Gasteiger partial charge in [-0.15, -0.1) is 0 Å². The molecule has 1 fully saturated rings. The summed E-state index contributed by atoms with van der Waals surface area (Å²) in [4.78, 5) is 23.7. The largest absolute Gasteiger partial charge is 0.341 e. The minimum atomic E-state index is -0.295. The maximum atomic E-state index is 11.3. The Labute approximate surface area is 71.9 Å². The van der Waals surface area contributed by atoms with Gasteiger partial charge in [-0.25, -0.2) is 4.79 Å². The highest BCUT2D eigenvalue weighted by Crippen LogP contribution is 2.24. The van der Waals surface area contributed by atoms with Crippen LogP contribution in [0, 0.1) is 5.92 Å². The van der Waals surface area contributed by atoms with Gasteiger partial charge in [0.2, 0.25) is 5.91 Å². The number of nitrogens with zero attached hydrogens (tertiary/aromatic N) is 1. The lowest BCUT2D eigenvalue weighted by Crippen LogP contribution is -2.43. The molecule has 12 heavy (non-hydrogen) atoms. The summed E-state index contributed by atoms with van der Waals surface area (Å²) >= 11 is 0. The summed E-state index contributed by atoms with van der Waals surface area (Å²) in [5, 5.41) is 2.45. The molecule has 0 radical (unpaired) electrons. The third kappa shape index (κ3) is 1.29. The van der Waals surface area contributed by atoms with E-state index in [1.54, 1.807) is 0 Å². The molecule has 1 saturated heterocycles. The van der Waals surface area contributed by atoms with E-state index in [0.717, 1.165) is 0 Å². The molecule has 1 heterocycles. The van der Waals surface area contributed by atoms with Gasteiger partial charge in [0.05, 0.1) is 0 Å². The van der Waals surface area contributed by atoms with Crippen molar-refractivity contribution >= 4 is 11.9 Å². The fraction of sp³-hybridized carbons (Fsp3) is 0.750. The Kier molecular flexibility index (Phi) is 2.35. The molecular formula is C8H14N2O2. The Morgan fingerprint density at radius 3 is 2.50 bits per heavy atom. The van der Waals surface area contributed by atoms with Crippen molar-refractivity contribution in [1.29, 1.82) is 0 Å². The van der Waals surface area contributed by atoms with Crippen molar-refractivity contribution in [2.75, 3.05) is 7.05 Å². The second-order valence-electron chi connectivity index (χ2n) is 3.24. The van der Waals surface area contributed by atoms with Gasteiger partial charge in [-0.3, -0.25) is 9.69 Å². The first kappa shape index (κ1) is 9.03. The van der Waals surface area contributed by atoms with Gasteiger partial charge in [-0.2, -0.15) is 0 Å². The maximum Gasteiger partial charge on any atom is 0.324 e. The number of carbonyl (C=O) groups excluding carboxylic acids is 2. The normalized spacial score (nSPS) is 29.2. The summed E-state index contributed by atoms with van der Waals surface area (Å²) in [6.07, 6.45) is 0.481. The first-order valence-electron chi connectivity index (χ1n) is 4.11. The molecule has 4 nitrogen and oxygen atoms in total.